The molecule has 0 aromatic carbocycles. The minimum atomic E-state index is -0.748. The first-order valence-electron chi connectivity index (χ1n) is 10.2. The van der Waals surface area contributed by atoms with E-state index >= 15 is 0 Å². The average Bonchev–Trinajstić information content (AvgIpc) is 2.82. The second-order valence-electron chi connectivity index (χ2n) is 8.11. The number of carboxylic acid groups (broad SMARTS) is 1. The summed E-state index contributed by atoms with van der Waals surface area (Å²) in [6.07, 6.45) is 8.01. The highest BCUT2D eigenvalue weighted by molar-refractivity contribution is 8.00. The number of thioether (sulfide) groups is 1. The molecule has 1 saturated carbocycles. The maximum absolute atomic E-state index is 10.5. The second-order valence-corrected chi connectivity index (χ2v) is 9.28. The zero-order valence-corrected chi connectivity index (χ0v) is 17.2. The quantitative estimate of drug-likeness (QED) is 0.338. The summed E-state index contributed by atoms with van der Waals surface area (Å²) in [6, 6.07) is 0. The van der Waals surface area contributed by atoms with Crippen LogP contribution in [0.5, 0.6) is 0 Å². The Morgan fingerprint density at radius 2 is 1.77 bits per heavy atom. The minimum absolute atomic E-state index is 0.0262. The first kappa shape index (κ1) is 23.7. The molecule has 1 rings (SSSR count). The smallest absolute Gasteiger partial charge is 0.303 e. The summed E-state index contributed by atoms with van der Waals surface area (Å²) in [4.78, 5) is 10.5. The van der Waals surface area contributed by atoms with Gasteiger partial charge in [-0.1, -0.05) is 45.4 Å². The third-order valence-electron chi connectivity index (χ3n) is 5.36. The lowest BCUT2D eigenvalue weighted by atomic mass is 9.97. The van der Waals surface area contributed by atoms with Crippen LogP contribution in [-0.2, 0) is 4.79 Å². The van der Waals surface area contributed by atoms with E-state index < -0.39 is 23.8 Å². The predicted octanol–water partition coefficient (Wildman–Crippen LogP) is 3.59. The van der Waals surface area contributed by atoms with E-state index in [2.05, 4.69) is 6.92 Å². The first-order valence-corrected chi connectivity index (χ1v) is 11.2. The average molecular weight is 391 g/mol. The van der Waals surface area contributed by atoms with E-state index in [0.717, 1.165) is 51.4 Å². The van der Waals surface area contributed by atoms with E-state index in [1.165, 1.54) is 0 Å². The third kappa shape index (κ3) is 9.07. The maximum atomic E-state index is 10.5. The molecule has 6 heteroatoms. The molecule has 4 N–H and O–H groups in total. The van der Waals surface area contributed by atoms with Gasteiger partial charge in [-0.15, -0.1) is 0 Å². The molecule has 0 heterocycles. The molecule has 1 fully saturated rings. The fraction of sp³-hybridized carbons (Fsp3) is 0.950. The Hall–Kier alpha value is -0.300. The zero-order chi connectivity index (χ0) is 19.6. The standard InChI is InChI=1S/C20H38O5S/c1-3-4-9-12-20(2,25)14-26-19-15(16(21)13-17(19)22)10-7-5-6-8-11-18(23)24/h15-17,19,21-22,25H,3-14H2,1-2H3,(H,23,24)/t15-,16?,17?,19+,20?/m0/s1. The number of hydrogen-bond acceptors (Lipinski definition) is 5. The van der Waals surface area contributed by atoms with Crippen molar-refractivity contribution in [2.24, 2.45) is 5.92 Å². The van der Waals surface area contributed by atoms with Gasteiger partial charge in [0.05, 0.1) is 17.8 Å². The molecular formula is C20H38O5S. The van der Waals surface area contributed by atoms with Crippen molar-refractivity contribution in [2.45, 2.75) is 108 Å². The predicted molar refractivity (Wildman–Crippen MR) is 106 cm³/mol. The molecule has 0 aromatic heterocycles. The summed E-state index contributed by atoms with van der Waals surface area (Å²) in [5.41, 5.74) is -0.728. The molecule has 5 atom stereocenters. The van der Waals surface area contributed by atoms with Crippen LogP contribution < -0.4 is 0 Å². The summed E-state index contributed by atoms with van der Waals surface area (Å²) >= 11 is 1.60. The van der Waals surface area contributed by atoms with Gasteiger partial charge in [0.1, 0.15) is 0 Å². The SMILES string of the molecule is CCCCCC(C)(O)CS[C@H]1C(O)CC(O)[C@@H]1CCCCCCC(=O)O. The first-order chi connectivity index (χ1) is 12.3. The normalized spacial score (nSPS) is 28.2. The summed E-state index contributed by atoms with van der Waals surface area (Å²) < 4.78 is 0. The third-order valence-corrected chi connectivity index (χ3v) is 7.20. The molecule has 5 nitrogen and oxygen atoms in total. The highest BCUT2D eigenvalue weighted by atomic mass is 32.2. The van der Waals surface area contributed by atoms with Crippen molar-refractivity contribution >= 4 is 17.7 Å². The molecule has 0 saturated heterocycles. The molecule has 0 aliphatic heterocycles. The van der Waals surface area contributed by atoms with Crippen molar-refractivity contribution in [1.82, 2.24) is 0 Å². The number of hydrogen-bond donors (Lipinski definition) is 4. The van der Waals surface area contributed by atoms with Gasteiger partial charge < -0.3 is 20.4 Å². The second kappa shape index (κ2) is 12.2. The molecule has 0 radical (unpaired) electrons. The van der Waals surface area contributed by atoms with Crippen LogP contribution in [0.3, 0.4) is 0 Å². The van der Waals surface area contributed by atoms with Gasteiger partial charge in [0, 0.05) is 23.8 Å². The Balaban J connectivity index is 2.37. The number of carboxylic acids is 1. The fourth-order valence-corrected chi connectivity index (χ4v) is 5.36. The van der Waals surface area contributed by atoms with E-state index in [9.17, 15) is 20.1 Å². The van der Waals surface area contributed by atoms with Crippen LogP contribution in [0.1, 0.15) is 84.5 Å². The summed E-state index contributed by atoms with van der Waals surface area (Å²) in [5.74, 6) is -0.108. The van der Waals surface area contributed by atoms with Crippen LogP contribution in [0, 0.1) is 5.92 Å². The number of aliphatic hydroxyl groups excluding tert-OH is 2. The largest absolute Gasteiger partial charge is 0.481 e. The molecule has 0 amide bonds. The highest BCUT2D eigenvalue weighted by Crippen LogP contribution is 2.40. The Kier molecular flexibility index (Phi) is 11.2. The van der Waals surface area contributed by atoms with Crippen molar-refractivity contribution in [3.63, 3.8) is 0 Å². The van der Waals surface area contributed by atoms with Gasteiger partial charge in [-0.2, -0.15) is 11.8 Å². The van der Waals surface area contributed by atoms with Crippen molar-refractivity contribution in [3.05, 3.63) is 0 Å². The minimum Gasteiger partial charge on any atom is -0.481 e. The van der Waals surface area contributed by atoms with Crippen molar-refractivity contribution in [1.29, 1.82) is 0 Å². The van der Waals surface area contributed by atoms with E-state index in [4.69, 9.17) is 5.11 Å². The van der Waals surface area contributed by atoms with Crippen molar-refractivity contribution in [2.75, 3.05) is 5.75 Å². The van der Waals surface area contributed by atoms with Gasteiger partial charge in [-0.25, -0.2) is 0 Å². The summed E-state index contributed by atoms with van der Waals surface area (Å²) in [7, 11) is 0. The number of aliphatic carboxylic acids is 1. The van der Waals surface area contributed by atoms with Crippen molar-refractivity contribution < 1.29 is 25.2 Å². The van der Waals surface area contributed by atoms with E-state index in [0.29, 0.717) is 18.6 Å². The van der Waals surface area contributed by atoms with Crippen LogP contribution in [0.25, 0.3) is 0 Å². The highest BCUT2D eigenvalue weighted by Gasteiger charge is 2.42. The number of rotatable bonds is 14. The Morgan fingerprint density at radius 3 is 2.42 bits per heavy atom. The van der Waals surface area contributed by atoms with Crippen LogP contribution in [-0.4, -0.2) is 55.2 Å². The molecule has 0 aromatic rings. The number of carbonyl (C=O) groups is 1. The lowest BCUT2D eigenvalue weighted by Crippen LogP contribution is -2.32. The van der Waals surface area contributed by atoms with Crippen LogP contribution in [0.15, 0.2) is 0 Å². The topological polar surface area (TPSA) is 98.0 Å². The monoisotopic (exact) mass is 390 g/mol. The molecule has 154 valence electrons. The lowest BCUT2D eigenvalue weighted by molar-refractivity contribution is -0.137. The summed E-state index contributed by atoms with van der Waals surface area (Å²) in [6.45, 7) is 4.01. The van der Waals surface area contributed by atoms with E-state index in [-0.39, 0.29) is 17.6 Å². The Morgan fingerprint density at radius 1 is 1.08 bits per heavy atom. The Labute approximate surface area is 162 Å². The van der Waals surface area contributed by atoms with E-state index in [1.54, 1.807) is 11.8 Å². The molecule has 3 unspecified atom stereocenters. The molecule has 0 bridgehead atoms. The Bertz CT molecular complexity index is 402. The van der Waals surface area contributed by atoms with E-state index in [1.807, 2.05) is 6.92 Å². The van der Waals surface area contributed by atoms with Crippen LogP contribution in [0.2, 0.25) is 0 Å². The van der Waals surface area contributed by atoms with Crippen LogP contribution in [0.4, 0.5) is 0 Å². The van der Waals surface area contributed by atoms with Crippen molar-refractivity contribution in [3.8, 4) is 0 Å². The van der Waals surface area contributed by atoms with Crippen LogP contribution >= 0.6 is 11.8 Å². The number of unbranched alkanes of at least 4 members (excludes halogenated alkanes) is 5. The van der Waals surface area contributed by atoms with Gasteiger partial charge >= 0.3 is 5.97 Å². The maximum Gasteiger partial charge on any atom is 0.303 e. The lowest BCUT2D eigenvalue weighted by Gasteiger charge is -2.28. The van der Waals surface area contributed by atoms with Gasteiger partial charge in [-0.05, 0) is 32.1 Å². The molecule has 1 aliphatic rings. The molecule has 0 spiro atoms. The summed E-state index contributed by atoms with van der Waals surface area (Å²) in [5, 5.41) is 39.8. The fourth-order valence-electron chi connectivity index (χ4n) is 3.77. The number of aliphatic hydroxyl groups is 3. The van der Waals surface area contributed by atoms with Gasteiger partial charge in [-0.3, -0.25) is 4.79 Å². The molecule has 26 heavy (non-hydrogen) atoms. The van der Waals surface area contributed by atoms with Gasteiger partial charge in [0.15, 0.2) is 0 Å². The molecular weight excluding hydrogens is 352 g/mol. The van der Waals surface area contributed by atoms with Gasteiger partial charge in [0.25, 0.3) is 0 Å². The van der Waals surface area contributed by atoms with Gasteiger partial charge in [0.2, 0.25) is 0 Å². The zero-order valence-electron chi connectivity index (χ0n) is 16.4. The molecule has 1 aliphatic carbocycles.